The van der Waals surface area contributed by atoms with Crippen molar-refractivity contribution in [2.24, 2.45) is 0 Å². The molecular formula is C18H16Cl2N4O2. The molecule has 4 rings (SSSR count). The number of rotatable bonds is 4. The van der Waals surface area contributed by atoms with Gasteiger partial charge in [-0.1, -0.05) is 18.2 Å². The normalized spacial score (nSPS) is 10.2. The third kappa shape index (κ3) is 3.87. The van der Waals surface area contributed by atoms with Crippen LogP contribution in [0.25, 0.3) is 22.4 Å². The molecule has 6 nitrogen and oxygen atoms in total. The highest BCUT2D eigenvalue weighted by Gasteiger charge is 2.09. The molecular weight excluding hydrogens is 375 g/mol. The lowest BCUT2D eigenvalue weighted by Gasteiger charge is -2.01. The summed E-state index contributed by atoms with van der Waals surface area (Å²) in [5, 5.41) is 9.12. The number of imidazole rings is 2. The van der Waals surface area contributed by atoms with Gasteiger partial charge in [0.1, 0.15) is 5.82 Å². The van der Waals surface area contributed by atoms with Gasteiger partial charge in [-0.15, -0.1) is 24.8 Å². The minimum atomic E-state index is -0.949. The first-order valence-electron chi connectivity index (χ1n) is 7.47. The molecule has 2 aromatic heterocycles. The van der Waals surface area contributed by atoms with Crippen LogP contribution in [-0.2, 0) is 6.54 Å². The Morgan fingerprint density at radius 3 is 2.73 bits per heavy atom. The lowest BCUT2D eigenvalue weighted by molar-refractivity contribution is 0.0697. The van der Waals surface area contributed by atoms with Gasteiger partial charge in [0.15, 0.2) is 0 Å². The number of halogens is 2. The van der Waals surface area contributed by atoms with Crippen LogP contribution in [-0.4, -0.2) is 30.6 Å². The van der Waals surface area contributed by atoms with Gasteiger partial charge in [-0.3, -0.25) is 0 Å². The Hall–Kier alpha value is -2.83. The lowest BCUT2D eigenvalue weighted by Crippen LogP contribution is -1.96. The lowest BCUT2D eigenvalue weighted by atomic mass is 10.1. The minimum absolute atomic E-state index is 0. The summed E-state index contributed by atoms with van der Waals surface area (Å²) < 4.78 is 1.99. The number of fused-ring (bicyclic) bond motifs is 1. The second-order valence-corrected chi connectivity index (χ2v) is 5.56. The Kier molecular flexibility index (Phi) is 6.02. The molecule has 4 aromatic rings. The molecule has 2 N–H and O–H groups in total. The number of benzene rings is 2. The number of H-pyrrole nitrogens is 1. The van der Waals surface area contributed by atoms with Crippen molar-refractivity contribution in [1.29, 1.82) is 0 Å². The van der Waals surface area contributed by atoms with E-state index in [0.29, 0.717) is 5.82 Å². The van der Waals surface area contributed by atoms with Crippen LogP contribution in [0.15, 0.2) is 61.2 Å². The Labute approximate surface area is 161 Å². The van der Waals surface area contributed by atoms with Gasteiger partial charge in [0.2, 0.25) is 0 Å². The van der Waals surface area contributed by atoms with Gasteiger partial charge >= 0.3 is 5.97 Å². The van der Waals surface area contributed by atoms with Crippen molar-refractivity contribution in [2.75, 3.05) is 0 Å². The van der Waals surface area contributed by atoms with E-state index in [1.165, 1.54) is 0 Å². The monoisotopic (exact) mass is 390 g/mol. The summed E-state index contributed by atoms with van der Waals surface area (Å²) in [6.07, 6.45) is 5.45. The zero-order chi connectivity index (χ0) is 16.5. The van der Waals surface area contributed by atoms with Gasteiger partial charge in [0.25, 0.3) is 0 Å². The predicted octanol–water partition coefficient (Wildman–Crippen LogP) is 4.02. The van der Waals surface area contributed by atoms with Crippen LogP contribution in [0.2, 0.25) is 0 Å². The van der Waals surface area contributed by atoms with Crippen molar-refractivity contribution in [1.82, 2.24) is 19.5 Å². The first kappa shape index (κ1) is 19.5. The molecule has 8 heteroatoms. The van der Waals surface area contributed by atoms with Crippen LogP contribution < -0.4 is 0 Å². The van der Waals surface area contributed by atoms with E-state index in [2.05, 4.69) is 15.0 Å². The van der Waals surface area contributed by atoms with Gasteiger partial charge < -0.3 is 14.7 Å². The third-order valence-corrected chi connectivity index (χ3v) is 3.85. The molecule has 0 bridgehead atoms. The van der Waals surface area contributed by atoms with Crippen LogP contribution in [0.1, 0.15) is 15.9 Å². The number of hydrogen-bond donors (Lipinski definition) is 2. The van der Waals surface area contributed by atoms with E-state index in [9.17, 15) is 4.79 Å². The highest BCUT2D eigenvalue weighted by Crippen LogP contribution is 2.22. The topological polar surface area (TPSA) is 83.8 Å². The molecule has 2 heterocycles. The van der Waals surface area contributed by atoms with E-state index in [4.69, 9.17) is 5.11 Å². The molecule has 134 valence electrons. The SMILES string of the molecule is Cl.Cl.O=C(O)c1cccc(-c2nc3ccc(Cn4ccnc4)cc3[nH]2)c1. The fraction of sp³-hybridized carbons (Fsp3) is 0.0556. The molecule has 0 unspecified atom stereocenters. The highest BCUT2D eigenvalue weighted by atomic mass is 35.5. The first-order valence-corrected chi connectivity index (χ1v) is 7.47. The maximum atomic E-state index is 11.1. The minimum Gasteiger partial charge on any atom is -0.478 e. The van der Waals surface area contributed by atoms with Crippen LogP contribution in [0.5, 0.6) is 0 Å². The van der Waals surface area contributed by atoms with E-state index in [1.54, 1.807) is 30.7 Å². The van der Waals surface area contributed by atoms with Gasteiger partial charge in [-0.25, -0.2) is 14.8 Å². The highest BCUT2D eigenvalue weighted by molar-refractivity contribution is 5.89. The molecule has 2 aromatic carbocycles. The van der Waals surface area contributed by atoms with Crippen molar-refractivity contribution in [3.8, 4) is 11.4 Å². The Morgan fingerprint density at radius 1 is 1.15 bits per heavy atom. The summed E-state index contributed by atoms with van der Waals surface area (Å²) in [7, 11) is 0. The first-order chi connectivity index (χ1) is 11.7. The van der Waals surface area contributed by atoms with E-state index in [1.807, 2.05) is 35.0 Å². The molecule has 0 atom stereocenters. The number of aromatic amines is 1. The predicted molar refractivity (Wildman–Crippen MR) is 104 cm³/mol. The quantitative estimate of drug-likeness (QED) is 0.551. The van der Waals surface area contributed by atoms with E-state index >= 15 is 0 Å². The van der Waals surface area contributed by atoms with Gasteiger partial charge in [-0.05, 0) is 29.8 Å². The number of nitrogens with zero attached hydrogens (tertiary/aromatic N) is 3. The van der Waals surface area contributed by atoms with Crippen molar-refractivity contribution in [3.05, 3.63) is 72.3 Å². The van der Waals surface area contributed by atoms with Crippen molar-refractivity contribution in [2.45, 2.75) is 6.54 Å². The second kappa shape index (κ2) is 8.03. The van der Waals surface area contributed by atoms with Gasteiger partial charge in [-0.2, -0.15) is 0 Å². The molecule has 0 amide bonds. The summed E-state index contributed by atoms with van der Waals surface area (Å²) in [4.78, 5) is 23.0. The molecule has 0 saturated carbocycles. The Bertz CT molecular complexity index is 1030. The van der Waals surface area contributed by atoms with Crippen LogP contribution >= 0.6 is 24.8 Å². The fourth-order valence-electron chi connectivity index (χ4n) is 2.68. The van der Waals surface area contributed by atoms with Crippen molar-refractivity contribution >= 4 is 41.8 Å². The van der Waals surface area contributed by atoms with E-state index in [0.717, 1.165) is 28.7 Å². The summed E-state index contributed by atoms with van der Waals surface area (Å²) in [6, 6.07) is 12.8. The smallest absolute Gasteiger partial charge is 0.335 e. The van der Waals surface area contributed by atoms with Crippen LogP contribution in [0.4, 0.5) is 0 Å². The maximum absolute atomic E-state index is 11.1. The number of carbonyl (C=O) groups is 1. The van der Waals surface area contributed by atoms with Crippen LogP contribution in [0, 0.1) is 0 Å². The number of aromatic nitrogens is 4. The Morgan fingerprint density at radius 2 is 2.00 bits per heavy atom. The average molecular weight is 391 g/mol. The second-order valence-electron chi connectivity index (χ2n) is 5.56. The van der Waals surface area contributed by atoms with Crippen molar-refractivity contribution in [3.63, 3.8) is 0 Å². The van der Waals surface area contributed by atoms with Gasteiger partial charge in [0, 0.05) is 24.5 Å². The number of carboxylic acids is 1. The molecule has 26 heavy (non-hydrogen) atoms. The van der Waals surface area contributed by atoms with Crippen molar-refractivity contribution < 1.29 is 9.90 Å². The summed E-state index contributed by atoms with van der Waals surface area (Å²) in [6.45, 7) is 0.735. The molecule has 0 saturated heterocycles. The molecule has 0 aliphatic carbocycles. The summed E-state index contributed by atoms with van der Waals surface area (Å²) >= 11 is 0. The number of nitrogens with one attached hydrogen (secondary N) is 1. The molecule has 0 aliphatic rings. The Balaban J connectivity index is 0.00000121. The van der Waals surface area contributed by atoms with E-state index in [-0.39, 0.29) is 30.4 Å². The molecule has 0 aliphatic heterocycles. The number of aromatic carboxylic acids is 1. The number of hydrogen-bond acceptors (Lipinski definition) is 3. The summed E-state index contributed by atoms with van der Waals surface area (Å²) in [5.41, 5.74) is 3.90. The zero-order valence-corrected chi connectivity index (χ0v) is 15.1. The molecule has 0 fully saturated rings. The zero-order valence-electron chi connectivity index (χ0n) is 13.5. The van der Waals surface area contributed by atoms with Gasteiger partial charge in [0.05, 0.1) is 22.9 Å². The average Bonchev–Trinajstić information content (AvgIpc) is 3.24. The maximum Gasteiger partial charge on any atom is 0.335 e. The summed E-state index contributed by atoms with van der Waals surface area (Å²) in [5.74, 6) is -0.288. The largest absolute Gasteiger partial charge is 0.478 e. The number of carboxylic acid groups (broad SMARTS) is 1. The fourth-order valence-corrected chi connectivity index (χ4v) is 2.68. The van der Waals surface area contributed by atoms with Crippen LogP contribution in [0.3, 0.4) is 0 Å². The standard InChI is InChI=1S/C18H14N4O2.2ClH/c23-18(24)14-3-1-2-13(9-14)17-20-15-5-4-12(8-16(15)21-17)10-22-7-6-19-11-22;;/h1-9,11H,10H2,(H,20,21)(H,23,24);2*1H. The molecule has 0 spiro atoms. The van der Waals surface area contributed by atoms with E-state index < -0.39 is 5.97 Å². The third-order valence-electron chi connectivity index (χ3n) is 3.85. The molecule has 0 radical (unpaired) electrons.